The number of ether oxygens (including phenoxy) is 2. The van der Waals surface area contributed by atoms with E-state index < -0.39 is 11.3 Å². The van der Waals surface area contributed by atoms with Crippen molar-refractivity contribution in [3.8, 4) is 5.75 Å². The molecule has 2 unspecified atom stereocenters. The van der Waals surface area contributed by atoms with Crippen molar-refractivity contribution in [3.05, 3.63) is 65.5 Å². The summed E-state index contributed by atoms with van der Waals surface area (Å²) in [6.45, 7) is 0. The fraction of sp³-hybridized carbons (Fsp3) is 0.440. The Hall–Kier alpha value is -2.69. The third-order valence-corrected chi connectivity index (χ3v) is 6.58. The molecule has 0 heterocycles. The summed E-state index contributed by atoms with van der Waals surface area (Å²) in [7, 11) is 1.62. The summed E-state index contributed by atoms with van der Waals surface area (Å²) in [5.74, 6) is -0.482. The van der Waals surface area contributed by atoms with E-state index in [9.17, 15) is 14.0 Å². The number of ketones is 1. The van der Waals surface area contributed by atoms with Crippen LogP contribution in [0.5, 0.6) is 5.75 Å². The maximum absolute atomic E-state index is 13.5. The molecule has 0 N–H and O–H groups in total. The number of benzene rings is 2. The quantitative estimate of drug-likeness (QED) is 0.603. The second-order valence-corrected chi connectivity index (χ2v) is 8.41. The van der Waals surface area contributed by atoms with Gasteiger partial charge in [-0.2, -0.15) is 0 Å². The highest BCUT2D eigenvalue weighted by Gasteiger charge is 2.60. The van der Waals surface area contributed by atoms with Crippen molar-refractivity contribution in [2.24, 2.45) is 5.41 Å². The Kier molecular flexibility index (Phi) is 5.89. The van der Waals surface area contributed by atoms with Crippen LogP contribution in [0.1, 0.15) is 55.6 Å². The number of halogens is 1. The first-order valence-electron chi connectivity index (χ1n) is 10.6. The number of hydrogen-bond acceptors (Lipinski definition) is 4. The average Bonchev–Trinajstić information content (AvgIpc) is 3.25. The van der Waals surface area contributed by atoms with Gasteiger partial charge in [-0.1, -0.05) is 30.3 Å². The van der Waals surface area contributed by atoms with E-state index in [0.29, 0.717) is 18.4 Å². The highest BCUT2D eigenvalue weighted by molar-refractivity contribution is 6.03. The van der Waals surface area contributed by atoms with Crippen molar-refractivity contribution in [1.29, 1.82) is 0 Å². The summed E-state index contributed by atoms with van der Waals surface area (Å²) in [5.41, 5.74) is 0.750. The lowest BCUT2D eigenvalue weighted by Crippen LogP contribution is -2.53. The van der Waals surface area contributed by atoms with Crippen LogP contribution >= 0.6 is 0 Å². The lowest BCUT2D eigenvalue weighted by molar-refractivity contribution is -0.174. The van der Waals surface area contributed by atoms with Crippen LogP contribution in [0.2, 0.25) is 0 Å². The molecule has 4 nitrogen and oxygen atoms in total. The molecule has 4 rings (SSSR count). The first kappa shape index (κ1) is 20.6. The van der Waals surface area contributed by atoms with Crippen molar-refractivity contribution in [1.82, 2.24) is 0 Å². The molecule has 2 fully saturated rings. The molecule has 158 valence electrons. The SMILES string of the molecule is COc1ccccc1CCC1(C(=O)OC2CCCC2)CC(=O)C1c1ccc(F)cc1. The predicted octanol–water partition coefficient (Wildman–Crippen LogP) is 5.00. The predicted molar refractivity (Wildman–Crippen MR) is 111 cm³/mol. The molecule has 30 heavy (non-hydrogen) atoms. The van der Waals surface area contributed by atoms with E-state index in [1.807, 2.05) is 24.3 Å². The van der Waals surface area contributed by atoms with Crippen molar-refractivity contribution in [2.75, 3.05) is 7.11 Å². The summed E-state index contributed by atoms with van der Waals surface area (Å²) in [6.07, 6.45) is 5.05. The summed E-state index contributed by atoms with van der Waals surface area (Å²) in [5, 5.41) is 0. The number of aryl methyl sites for hydroxylation is 1. The van der Waals surface area contributed by atoms with Gasteiger partial charge < -0.3 is 9.47 Å². The molecule has 2 aliphatic rings. The molecule has 0 aromatic heterocycles. The number of para-hydroxylation sites is 1. The lowest BCUT2D eigenvalue weighted by Gasteiger charge is -2.46. The normalized spacial score (nSPS) is 23.8. The van der Waals surface area contributed by atoms with E-state index >= 15 is 0 Å². The number of carbonyl (C=O) groups is 2. The number of methoxy groups -OCH3 is 1. The van der Waals surface area contributed by atoms with Gasteiger partial charge >= 0.3 is 5.97 Å². The first-order chi connectivity index (χ1) is 14.5. The Bertz CT molecular complexity index is 917. The molecule has 5 heteroatoms. The Morgan fingerprint density at radius 2 is 1.80 bits per heavy atom. The van der Waals surface area contributed by atoms with E-state index in [2.05, 4.69) is 0 Å². The largest absolute Gasteiger partial charge is 0.496 e. The van der Waals surface area contributed by atoms with E-state index in [4.69, 9.17) is 9.47 Å². The second kappa shape index (κ2) is 8.58. The maximum atomic E-state index is 13.5. The zero-order valence-electron chi connectivity index (χ0n) is 17.2. The fourth-order valence-corrected chi connectivity index (χ4v) is 4.92. The van der Waals surface area contributed by atoms with E-state index in [0.717, 1.165) is 37.0 Å². The van der Waals surface area contributed by atoms with Crippen molar-refractivity contribution >= 4 is 11.8 Å². The molecule has 2 atom stereocenters. The van der Waals surface area contributed by atoms with Gasteiger partial charge in [-0.3, -0.25) is 9.59 Å². The van der Waals surface area contributed by atoms with Gasteiger partial charge in [0, 0.05) is 6.42 Å². The van der Waals surface area contributed by atoms with Crippen molar-refractivity contribution in [3.63, 3.8) is 0 Å². The molecule has 0 bridgehead atoms. The Labute approximate surface area is 176 Å². The average molecular weight is 410 g/mol. The molecule has 2 aliphatic carbocycles. The van der Waals surface area contributed by atoms with Crippen LogP contribution < -0.4 is 4.74 Å². The zero-order valence-corrected chi connectivity index (χ0v) is 17.2. The van der Waals surface area contributed by atoms with Crippen LogP contribution in [0.4, 0.5) is 4.39 Å². The molecular weight excluding hydrogens is 383 g/mol. The number of rotatable bonds is 7. The molecule has 0 saturated heterocycles. The molecule has 2 aromatic carbocycles. The van der Waals surface area contributed by atoms with Gasteiger partial charge in [0.15, 0.2) is 0 Å². The highest BCUT2D eigenvalue weighted by Crippen LogP contribution is 2.54. The number of Topliss-reactive ketones (excluding diaryl/α,β-unsaturated/α-hetero) is 1. The van der Waals surface area contributed by atoms with Gasteiger partial charge in [0.1, 0.15) is 23.5 Å². The number of carbonyl (C=O) groups excluding carboxylic acids is 2. The molecule has 0 radical (unpaired) electrons. The smallest absolute Gasteiger partial charge is 0.313 e. The minimum absolute atomic E-state index is 0.00464. The molecule has 0 aliphatic heterocycles. The first-order valence-corrected chi connectivity index (χ1v) is 10.6. The standard InChI is InChI=1S/C25H27FO4/c1-29-22-9-5-2-6-17(22)14-15-25(24(28)30-20-7-3-4-8-20)16-21(27)23(25)18-10-12-19(26)13-11-18/h2,5-6,9-13,20,23H,3-4,7-8,14-16H2,1H3. The molecule has 2 saturated carbocycles. The monoisotopic (exact) mass is 410 g/mol. The van der Waals surface area contributed by atoms with E-state index in [-0.39, 0.29) is 30.1 Å². The fourth-order valence-electron chi connectivity index (χ4n) is 4.92. The van der Waals surface area contributed by atoms with Gasteiger partial charge in [-0.05, 0) is 67.9 Å². The van der Waals surface area contributed by atoms with Gasteiger partial charge in [-0.15, -0.1) is 0 Å². The van der Waals surface area contributed by atoms with Gasteiger partial charge in [0.2, 0.25) is 0 Å². The van der Waals surface area contributed by atoms with Gasteiger partial charge in [0.05, 0.1) is 18.4 Å². The van der Waals surface area contributed by atoms with Crippen molar-refractivity contribution in [2.45, 2.75) is 57.0 Å². The van der Waals surface area contributed by atoms with E-state index in [1.54, 1.807) is 19.2 Å². The Balaban J connectivity index is 1.63. The van der Waals surface area contributed by atoms with Crippen molar-refractivity contribution < 1.29 is 23.5 Å². The van der Waals surface area contributed by atoms with Gasteiger partial charge in [0.25, 0.3) is 0 Å². The summed E-state index contributed by atoms with van der Waals surface area (Å²) < 4.78 is 24.8. The highest BCUT2D eigenvalue weighted by atomic mass is 19.1. The van der Waals surface area contributed by atoms with Crippen LogP contribution in [-0.4, -0.2) is 25.0 Å². The maximum Gasteiger partial charge on any atom is 0.313 e. The molecule has 0 amide bonds. The van der Waals surface area contributed by atoms with E-state index in [1.165, 1.54) is 12.1 Å². The lowest BCUT2D eigenvalue weighted by atomic mass is 9.54. The third-order valence-electron chi connectivity index (χ3n) is 6.58. The molecular formula is C25H27FO4. The van der Waals surface area contributed by atoms with Crippen LogP contribution in [0, 0.1) is 11.2 Å². The van der Waals surface area contributed by atoms with Crippen LogP contribution in [-0.2, 0) is 20.7 Å². The minimum atomic E-state index is -0.918. The Morgan fingerprint density at radius 3 is 2.47 bits per heavy atom. The summed E-state index contributed by atoms with van der Waals surface area (Å²) in [6, 6.07) is 13.6. The van der Waals surface area contributed by atoms with Crippen LogP contribution in [0.3, 0.4) is 0 Å². The van der Waals surface area contributed by atoms with Crippen LogP contribution in [0.25, 0.3) is 0 Å². The number of esters is 1. The summed E-state index contributed by atoms with van der Waals surface area (Å²) >= 11 is 0. The van der Waals surface area contributed by atoms with Crippen LogP contribution in [0.15, 0.2) is 48.5 Å². The third kappa shape index (κ3) is 3.85. The van der Waals surface area contributed by atoms with Gasteiger partial charge in [-0.25, -0.2) is 4.39 Å². The second-order valence-electron chi connectivity index (χ2n) is 8.41. The summed E-state index contributed by atoms with van der Waals surface area (Å²) in [4.78, 5) is 26.1. The number of hydrogen-bond donors (Lipinski definition) is 0. The zero-order chi connectivity index (χ0) is 21.1. The molecule has 2 aromatic rings. The topological polar surface area (TPSA) is 52.6 Å². The minimum Gasteiger partial charge on any atom is -0.496 e. The Morgan fingerprint density at radius 1 is 1.10 bits per heavy atom. The molecule has 0 spiro atoms.